The molecule has 0 aromatic heterocycles. The molecule has 7 heteroatoms. The number of hydrogen-bond acceptors (Lipinski definition) is 4. The number of alkyl halides is 3. The monoisotopic (exact) mass is 415 g/mol. The Bertz CT molecular complexity index is 982. The van der Waals surface area contributed by atoms with Crippen molar-refractivity contribution in [1.82, 2.24) is 0 Å². The number of ketones is 1. The first-order chi connectivity index (χ1) is 13.9. The Labute approximate surface area is 172 Å². The predicted molar refractivity (Wildman–Crippen MR) is 104 cm³/mol. The zero-order chi connectivity index (χ0) is 22.6. The molecule has 0 saturated carbocycles. The second-order valence-corrected chi connectivity index (χ2v) is 7.56. The summed E-state index contributed by atoms with van der Waals surface area (Å²) in [6, 6.07) is 13.7. The summed E-state index contributed by atoms with van der Waals surface area (Å²) in [7, 11) is 0. The van der Waals surface area contributed by atoms with Gasteiger partial charge in [0.15, 0.2) is 11.2 Å². The lowest BCUT2D eigenvalue weighted by Gasteiger charge is -2.27. The average Bonchev–Trinajstić information content (AvgIpc) is 2.67. The zero-order valence-electron chi connectivity index (χ0n) is 16.7. The lowest BCUT2D eigenvalue weighted by atomic mass is 9.81. The number of hydrogen-bond donors (Lipinski definition) is 0. The minimum absolute atomic E-state index is 0.0108. The van der Waals surface area contributed by atoms with Gasteiger partial charge in [0.2, 0.25) is 0 Å². The van der Waals surface area contributed by atoms with Gasteiger partial charge in [0, 0.05) is 5.56 Å². The third-order valence-corrected chi connectivity index (χ3v) is 4.11. The Hall–Kier alpha value is -3.40. The van der Waals surface area contributed by atoms with Crippen LogP contribution in [-0.2, 0) is 21.1 Å². The van der Waals surface area contributed by atoms with Gasteiger partial charge in [-0.3, -0.25) is 4.79 Å². The molecule has 0 aliphatic rings. The van der Waals surface area contributed by atoms with Crippen molar-refractivity contribution in [2.45, 2.75) is 38.0 Å². The van der Waals surface area contributed by atoms with E-state index in [0.717, 1.165) is 36.4 Å². The molecule has 0 spiro atoms. The summed E-state index contributed by atoms with van der Waals surface area (Å²) >= 11 is 0. The fourth-order valence-corrected chi connectivity index (χ4v) is 2.61. The van der Waals surface area contributed by atoms with Crippen LogP contribution >= 0.6 is 0 Å². The number of ether oxygens (including phenoxy) is 1. The van der Waals surface area contributed by atoms with Crippen LogP contribution in [0.25, 0.3) is 0 Å². The van der Waals surface area contributed by atoms with Gasteiger partial charge in [-0.25, -0.2) is 4.79 Å². The fourth-order valence-electron chi connectivity index (χ4n) is 2.61. The number of nitriles is 1. The standard InChI is InChI=1S/C23H20F3NO3/c1-21(2,3)30-20(29)22(15-27,17-7-5-4-6-8-17)14-13-19(28)16-9-11-18(12-10-16)23(24,25)26/h4-14H,1-3H3/b14-13-/t22-/m0/s1. The van der Waals surface area contributed by atoms with Crippen molar-refractivity contribution in [1.29, 1.82) is 5.26 Å². The van der Waals surface area contributed by atoms with E-state index in [4.69, 9.17) is 4.74 Å². The maximum atomic E-state index is 12.9. The van der Waals surface area contributed by atoms with Gasteiger partial charge in [0.05, 0.1) is 11.6 Å². The van der Waals surface area contributed by atoms with E-state index in [1.54, 1.807) is 51.1 Å². The summed E-state index contributed by atoms with van der Waals surface area (Å²) in [5, 5.41) is 9.87. The zero-order valence-corrected chi connectivity index (χ0v) is 16.7. The highest BCUT2D eigenvalue weighted by Crippen LogP contribution is 2.31. The number of esters is 1. The smallest absolute Gasteiger partial charge is 0.416 e. The summed E-state index contributed by atoms with van der Waals surface area (Å²) in [5.74, 6) is -1.51. The summed E-state index contributed by atoms with van der Waals surface area (Å²) < 4.78 is 43.5. The van der Waals surface area contributed by atoms with Crippen LogP contribution in [-0.4, -0.2) is 17.4 Å². The number of allylic oxidation sites excluding steroid dienone is 1. The van der Waals surface area contributed by atoms with Crippen LogP contribution < -0.4 is 0 Å². The van der Waals surface area contributed by atoms with Gasteiger partial charge in [0.25, 0.3) is 0 Å². The molecule has 2 aromatic carbocycles. The fraction of sp³-hybridized carbons (Fsp3) is 0.261. The molecule has 0 aliphatic carbocycles. The van der Waals surface area contributed by atoms with Gasteiger partial charge in [-0.1, -0.05) is 42.5 Å². The highest BCUT2D eigenvalue weighted by Gasteiger charge is 2.42. The molecule has 0 fully saturated rings. The van der Waals surface area contributed by atoms with Crippen molar-refractivity contribution in [2.75, 3.05) is 0 Å². The van der Waals surface area contributed by atoms with E-state index in [0.29, 0.717) is 5.56 Å². The molecule has 30 heavy (non-hydrogen) atoms. The second kappa shape index (κ2) is 8.54. The van der Waals surface area contributed by atoms with Crippen LogP contribution in [0.1, 0.15) is 42.3 Å². The minimum Gasteiger partial charge on any atom is -0.458 e. The van der Waals surface area contributed by atoms with Gasteiger partial charge in [-0.05, 0) is 50.6 Å². The van der Waals surface area contributed by atoms with Gasteiger partial charge in [0.1, 0.15) is 5.60 Å². The van der Waals surface area contributed by atoms with E-state index in [9.17, 15) is 28.0 Å². The maximum Gasteiger partial charge on any atom is 0.416 e. The Morgan fingerprint density at radius 3 is 1.97 bits per heavy atom. The normalized spacial score (nSPS) is 14.0. The first kappa shape index (κ1) is 22.9. The Morgan fingerprint density at radius 1 is 0.933 bits per heavy atom. The largest absolute Gasteiger partial charge is 0.458 e. The number of nitrogens with zero attached hydrogens (tertiary/aromatic N) is 1. The third-order valence-electron chi connectivity index (χ3n) is 4.11. The third kappa shape index (κ3) is 5.35. The SMILES string of the molecule is CC(C)(C)OC(=O)[C@](C#N)(/C=C\C(=O)c1ccc(C(F)(F)F)cc1)c1ccccc1. The van der Waals surface area contributed by atoms with Gasteiger partial charge >= 0.3 is 12.1 Å². The number of halogens is 3. The molecule has 4 nitrogen and oxygen atoms in total. The van der Waals surface area contributed by atoms with E-state index >= 15 is 0 Å². The lowest BCUT2D eigenvalue weighted by Crippen LogP contribution is -2.39. The van der Waals surface area contributed by atoms with E-state index < -0.39 is 34.5 Å². The molecule has 0 radical (unpaired) electrons. The van der Waals surface area contributed by atoms with Gasteiger partial charge in [-0.2, -0.15) is 18.4 Å². The van der Waals surface area contributed by atoms with E-state index in [1.165, 1.54) is 0 Å². The number of carbonyl (C=O) groups excluding carboxylic acids is 2. The van der Waals surface area contributed by atoms with Crippen molar-refractivity contribution in [2.24, 2.45) is 0 Å². The molecule has 1 atom stereocenters. The maximum absolute atomic E-state index is 12.9. The molecular weight excluding hydrogens is 395 g/mol. The van der Waals surface area contributed by atoms with Crippen LogP contribution in [0.5, 0.6) is 0 Å². The summed E-state index contributed by atoms with van der Waals surface area (Å²) in [6.45, 7) is 4.94. The molecule has 2 aromatic rings. The summed E-state index contributed by atoms with van der Waals surface area (Å²) in [4.78, 5) is 25.4. The quantitative estimate of drug-likeness (QED) is 0.380. The number of benzene rings is 2. The highest BCUT2D eigenvalue weighted by atomic mass is 19.4. The van der Waals surface area contributed by atoms with Crippen molar-refractivity contribution < 1.29 is 27.5 Å². The van der Waals surface area contributed by atoms with Crippen LogP contribution in [0, 0.1) is 11.3 Å². The van der Waals surface area contributed by atoms with Gasteiger partial charge < -0.3 is 4.74 Å². The number of carbonyl (C=O) groups is 2. The Morgan fingerprint density at radius 2 is 1.50 bits per heavy atom. The molecule has 0 saturated heterocycles. The van der Waals surface area contributed by atoms with Crippen molar-refractivity contribution in [3.05, 3.63) is 83.4 Å². The van der Waals surface area contributed by atoms with Crippen molar-refractivity contribution >= 4 is 11.8 Å². The molecular formula is C23H20F3NO3. The first-order valence-electron chi connectivity index (χ1n) is 9.00. The van der Waals surface area contributed by atoms with E-state index in [2.05, 4.69) is 0 Å². The Balaban J connectivity index is 2.43. The molecule has 156 valence electrons. The van der Waals surface area contributed by atoms with E-state index in [1.807, 2.05) is 6.07 Å². The first-order valence-corrected chi connectivity index (χ1v) is 9.00. The molecule has 0 aliphatic heterocycles. The highest BCUT2D eigenvalue weighted by molar-refractivity contribution is 6.05. The number of rotatable bonds is 5. The van der Waals surface area contributed by atoms with Crippen molar-refractivity contribution in [3.63, 3.8) is 0 Å². The molecule has 2 rings (SSSR count). The van der Waals surface area contributed by atoms with Crippen LogP contribution in [0.15, 0.2) is 66.7 Å². The second-order valence-electron chi connectivity index (χ2n) is 7.56. The average molecular weight is 415 g/mol. The lowest BCUT2D eigenvalue weighted by molar-refractivity contribution is -0.158. The van der Waals surface area contributed by atoms with Crippen molar-refractivity contribution in [3.8, 4) is 6.07 Å². The molecule has 0 N–H and O–H groups in total. The van der Waals surface area contributed by atoms with Crippen LogP contribution in [0.2, 0.25) is 0 Å². The Kier molecular flexibility index (Phi) is 6.51. The topological polar surface area (TPSA) is 67.2 Å². The minimum atomic E-state index is -4.52. The predicted octanol–water partition coefficient (Wildman–Crippen LogP) is 5.25. The summed E-state index contributed by atoms with van der Waals surface area (Å²) in [5.41, 5.74) is -3.36. The van der Waals surface area contributed by atoms with E-state index in [-0.39, 0.29) is 5.56 Å². The summed E-state index contributed by atoms with van der Waals surface area (Å²) in [6.07, 6.45) is -2.39. The van der Waals surface area contributed by atoms with Crippen LogP contribution in [0.3, 0.4) is 0 Å². The molecule has 0 bridgehead atoms. The van der Waals surface area contributed by atoms with Gasteiger partial charge in [-0.15, -0.1) is 0 Å². The van der Waals surface area contributed by atoms with Crippen LogP contribution in [0.4, 0.5) is 13.2 Å². The molecule has 0 amide bonds. The molecule has 0 heterocycles. The molecule has 0 unspecified atom stereocenters.